The molecule has 0 bridgehead atoms. The summed E-state index contributed by atoms with van der Waals surface area (Å²) in [6.45, 7) is 1.78. The summed E-state index contributed by atoms with van der Waals surface area (Å²) in [7, 11) is 3.11. The lowest BCUT2D eigenvalue weighted by Gasteiger charge is -2.05. The number of rotatable bonds is 5. The predicted octanol–water partition coefficient (Wildman–Crippen LogP) is 3.91. The summed E-state index contributed by atoms with van der Waals surface area (Å²) in [5.41, 5.74) is 1.86. The van der Waals surface area contributed by atoms with Crippen LogP contribution in [0.1, 0.15) is 5.69 Å². The molecule has 0 fully saturated rings. The Bertz CT molecular complexity index is 958. The van der Waals surface area contributed by atoms with Crippen molar-refractivity contribution in [3.05, 3.63) is 64.6 Å². The molecule has 0 saturated carbocycles. The summed E-state index contributed by atoms with van der Waals surface area (Å²) in [4.78, 5) is 12.6. The molecule has 3 aromatic rings. The zero-order valence-electron chi connectivity index (χ0n) is 14.2. The van der Waals surface area contributed by atoms with Gasteiger partial charge >= 0.3 is 0 Å². The van der Waals surface area contributed by atoms with Crippen molar-refractivity contribution in [2.75, 3.05) is 14.2 Å². The number of nitrogens with zero attached hydrogens (tertiary/aromatic N) is 3. The number of H-pyrrole nitrogens is 1. The van der Waals surface area contributed by atoms with E-state index in [1.54, 1.807) is 32.2 Å². The summed E-state index contributed by atoms with van der Waals surface area (Å²) in [5.74, 6) is 1.17. The second-order valence-corrected chi connectivity index (χ2v) is 5.30. The Morgan fingerprint density at radius 2 is 1.76 bits per heavy atom. The minimum atomic E-state index is -0.264. The van der Waals surface area contributed by atoms with Crippen LogP contribution in [0.4, 0.5) is 11.4 Å². The Morgan fingerprint density at radius 1 is 1.00 bits per heavy atom. The molecule has 0 saturated heterocycles. The highest BCUT2D eigenvalue weighted by Crippen LogP contribution is 2.32. The molecule has 7 nitrogen and oxygen atoms in total. The van der Waals surface area contributed by atoms with Crippen molar-refractivity contribution in [2.24, 2.45) is 10.2 Å². The fourth-order valence-electron chi connectivity index (χ4n) is 2.39. The lowest BCUT2D eigenvalue weighted by atomic mass is 10.3. The highest BCUT2D eigenvalue weighted by Gasteiger charge is 2.12. The maximum atomic E-state index is 12.6. The normalized spacial score (nSPS) is 11.0. The van der Waals surface area contributed by atoms with Crippen LogP contribution in [0.25, 0.3) is 5.69 Å². The van der Waals surface area contributed by atoms with E-state index in [4.69, 9.17) is 9.47 Å². The lowest BCUT2D eigenvalue weighted by molar-refractivity contribution is 0.395. The largest absolute Gasteiger partial charge is 0.497 e. The monoisotopic (exact) mass is 338 g/mol. The molecule has 7 heteroatoms. The van der Waals surface area contributed by atoms with Gasteiger partial charge in [0.2, 0.25) is 0 Å². The van der Waals surface area contributed by atoms with E-state index < -0.39 is 0 Å². The molecule has 0 aliphatic rings. The number of methoxy groups -OCH3 is 2. The molecule has 2 aromatic carbocycles. The van der Waals surface area contributed by atoms with Crippen molar-refractivity contribution < 1.29 is 9.47 Å². The molecule has 1 aromatic heterocycles. The zero-order chi connectivity index (χ0) is 17.8. The van der Waals surface area contributed by atoms with Gasteiger partial charge in [0.1, 0.15) is 17.2 Å². The van der Waals surface area contributed by atoms with Crippen LogP contribution in [0, 0.1) is 6.92 Å². The predicted molar refractivity (Wildman–Crippen MR) is 94.8 cm³/mol. The molecule has 25 heavy (non-hydrogen) atoms. The molecule has 0 unspecified atom stereocenters. The molecule has 0 aliphatic carbocycles. The smallest absolute Gasteiger partial charge is 0.299 e. The standard InChI is InChI=1S/C18H18N4O3/c1-12-17(18(23)22(21-12)13-7-5-4-6-8-13)20-19-15-10-9-14(24-2)11-16(15)25-3/h4-11,21H,1-3H3. The first-order chi connectivity index (χ1) is 12.1. The van der Waals surface area contributed by atoms with Crippen molar-refractivity contribution >= 4 is 11.4 Å². The minimum Gasteiger partial charge on any atom is -0.497 e. The Hall–Kier alpha value is -3.35. The molecule has 1 heterocycles. The Morgan fingerprint density at radius 3 is 2.44 bits per heavy atom. The first-order valence-corrected chi connectivity index (χ1v) is 7.65. The van der Waals surface area contributed by atoms with Gasteiger partial charge in [-0.15, -0.1) is 10.2 Å². The number of aryl methyl sites for hydroxylation is 1. The lowest BCUT2D eigenvalue weighted by Crippen LogP contribution is -2.13. The Kier molecular flexibility index (Phi) is 4.65. The van der Waals surface area contributed by atoms with Gasteiger partial charge in [0.25, 0.3) is 5.56 Å². The van der Waals surface area contributed by atoms with Crippen LogP contribution >= 0.6 is 0 Å². The quantitative estimate of drug-likeness (QED) is 0.716. The molecule has 0 radical (unpaired) electrons. The number of benzene rings is 2. The average Bonchev–Trinajstić information content (AvgIpc) is 2.94. The summed E-state index contributed by atoms with van der Waals surface area (Å²) in [5, 5.41) is 11.3. The molecular weight excluding hydrogens is 320 g/mol. The van der Waals surface area contributed by atoms with Crippen LogP contribution in [0.3, 0.4) is 0 Å². The maximum absolute atomic E-state index is 12.6. The van der Waals surface area contributed by atoms with Gasteiger partial charge in [-0.1, -0.05) is 18.2 Å². The zero-order valence-corrected chi connectivity index (χ0v) is 14.2. The van der Waals surface area contributed by atoms with Gasteiger partial charge in [0.05, 0.1) is 25.6 Å². The highest BCUT2D eigenvalue weighted by molar-refractivity contribution is 5.55. The molecule has 0 spiro atoms. The van der Waals surface area contributed by atoms with E-state index in [1.807, 2.05) is 30.3 Å². The van der Waals surface area contributed by atoms with Gasteiger partial charge in [0, 0.05) is 6.07 Å². The first kappa shape index (κ1) is 16.5. The first-order valence-electron chi connectivity index (χ1n) is 7.65. The summed E-state index contributed by atoms with van der Waals surface area (Å²) in [6.07, 6.45) is 0. The molecular formula is C18H18N4O3. The van der Waals surface area contributed by atoms with E-state index in [1.165, 1.54) is 11.8 Å². The fraction of sp³-hybridized carbons (Fsp3) is 0.167. The second kappa shape index (κ2) is 7.04. The molecule has 128 valence electrons. The van der Waals surface area contributed by atoms with E-state index >= 15 is 0 Å². The SMILES string of the molecule is COc1ccc(N=Nc2c(C)[nH]n(-c3ccccc3)c2=O)c(OC)c1. The second-order valence-electron chi connectivity index (χ2n) is 5.30. The molecule has 0 atom stereocenters. The van der Waals surface area contributed by atoms with Gasteiger partial charge in [-0.2, -0.15) is 0 Å². The van der Waals surface area contributed by atoms with Crippen LogP contribution in [0.5, 0.6) is 11.5 Å². The number of ether oxygens (including phenoxy) is 2. The van der Waals surface area contributed by atoms with Gasteiger partial charge in [-0.05, 0) is 31.2 Å². The number of para-hydroxylation sites is 1. The van der Waals surface area contributed by atoms with Gasteiger partial charge in [-0.25, -0.2) is 4.68 Å². The minimum absolute atomic E-state index is 0.252. The summed E-state index contributed by atoms with van der Waals surface area (Å²) >= 11 is 0. The van der Waals surface area contributed by atoms with Crippen molar-refractivity contribution in [3.63, 3.8) is 0 Å². The van der Waals surface area contributed by atoms with Crippen molar-refractivity contribution in [1.29, 1.82) is 0 Å². The number of aromatic amines is 1. The van der Waals surface area contributed by atoms with Gasteiger partial charge in [0.15, 0.2) is 5.69 Å². The number of hydrogen-bond donors (Lipinski definition) is 1. The van der Waals surface area contributed by atoms with E-state index in [0.717, 1.165) is 5.69 Å². The number of nitrogens with one attached hydrogen (secondary N) is 1. The average molecular weight is 338 g/mol. The van der Waals surface area contributed by atoms with E-state index in [-0.39, 0.29) is 11.2 Å². The number of azo groups is 1. The van der Waals surface area contributed by atoms with Crippen molar-refractivity contribution in [2.45, 2.75) is 6.92 Å². The Labute approximate surface area is 144 Å². The van der Waals surface area contributed by atoms with Gasteiger partial charge in [-0.3, -0.25) is 9.89 Å². The van der Waals surface area contributed by atoms with Gasteiger partial charge < -0.3 is 9.47 Å². The molecule has 1 N–H and O–H groups in total. The summed E-state index contributed by atoms with van der Waals surface area (Å²) in [6, 6.07) is 14.5. The summed E-state index contributed by atoms with van der Waals surface area (Å²) < 4.78 is 11.9. The number of hydrogen-bond acceptors (Lipinski definition) is 5. The molecule has 3 rings (SSSR count). The van der Waals surface area contributed by atoms with Crippen molar-refractivity contribution in [1.82, 2.24) is 9.78 Å². The van der Waals surface area contributed by atoms with Crippen LogP contribution < -0.4 is 15.0 Å². The number of aromatic nitrogens is 2. The topological polar surface area (TPSA) is 81.0 Å². The fourth-order valence-corrected chi connectivity index (χ4v) is 2.39. The van der Waals surface area contributed by atoms with E-state index in [2.05, 4.69) is 15.3 Å². The maximum Gasteiger partial charge on any atom is 0.299 e. The van der Waals surface area contributed by atoms with E-state index in [9.17, 15) is 4.79 Å². The third-order valence-corrected chi connectivity index (χ3v) is 3.70. The molecule has 0 aliphatic heterocycles. The Balaban J connectivity index is 1.98. The third-order valence-electron chi connectivity index (χ3n) is 3.70. The molecule has 0 amide bonds. The highest BCUT2D eigenvalue weighted by atomic mass is 16.5. The van der Waals surface area contributed by atoms with Crippen LogP contribution in [0.15, 0.2) is 63.6 Å². The van der Waals surface area contributed by atoms with Crippen LogP contribution in [-0.4, -0.2) is 24.0 Å². The van der Waals surface area contributed by atoms with Crippen molar-refractivity contribution in [3.8, 4) is 17.2 Å². The third kappa shape index (κ3) is 3.30. The van der Waals surface area contributed by atoms with E-state index in [0.29, 0.717) is 22.9 Å². The van der Waals surface area contributed by atoms with Crippen LogP contribution in [0.2, 0.25) is 0 Å². The van der Waals surface area contributed by atoms with Crippen LogP contribution in [-0.2, 0) is 0 Å².